The number of hydrazine groups is 1. The van der Waals surface area contributed by atoms with Gasteiger partial charge in [-0.25, -0.2) is 5.01 Å². The fourth-order valence-corrected chi connectivity index (χ4v) is 1.10. The van der Waals surface area contributed by atoms with E-state index < -0.39 is 0 Å². The Morgan fingerprint density at radius 1 is 1.42 bits per heavy atom. The standard InChI is InChI=1S/C10H22N2/c1-9(2)7-6-8-10(3)11-12(4)5/h9,11H,3,6-8H2,1-2,4-5H3. The van der Waals surface area contributed by atoms with E-state index in [9.17, 15) is 0 Å². The van der Waals surface area contributed by atoms with Gasteiger partial charge in [0.15, 0.2) is 0 Å². The van der Waals surface area contributed by atoms with E-state index in [1.54, 1.807) is 0 Å². The summed E-state index contributed by atoms with van der Waals surface area (Å²) in [7, 11) is 3.96. The van der Waals surface area contributed by atoms with Crippen LogP contribution in [0.5, 0.6) is 0 Å². The van der Waals surface area contributed by atoms with E-state index in [1.807, 2.05) is 19.1 Å². The van der Waals surface area contributed by atoms with Crippen molar-refractivity contribution in [3.8, 4) is 0 Å². The monoisotopic (exact) mass is 170 g/mol. The maximum Gasteiger partial charge on any atom is 0.0192 e. The number of hydrogen-bond donors (Lipinski definition) is 1. The van der Waals surface area contributed by atoms with Crippen LogP contribution in [-0.4, -0.2) is 19.1 Å². The van der Waals surface area contributed by atoms with E-state index in [1.165, 1.54) is 12.8 Å². The predicted molar refractivity (Wildman–Crippen MR) is 54.7 cm³/mol. The molecule has 12 heavy (non-hydrogen) atoms. The highest BCUT2D eigenvalue weighted by atomic mass is 15.5. The van der Waals surface area contributed by atoms with E-state index in [0.717, 1.165) is 18.0 Å². The van der Waals surface area contributed by atoms with Crippen LogP contribution in [-0.2, 0) is 0 Å². The minimum absolute atomic E-state index is 0.803. The first-order valence-corrected chi connectivity index (χ1v) is 4.64. The smallest absolute Gasteiger partial charge is 0.0192 e. The van der Waals surface area contributed by atoms with Gasteiger partial charge in [0.25, 0.3) is 0 Å². The van der Waals surface area contributed by atoms with Crippen LogP contribution in [0.15, 0.2) is 12.3 Å². The maximum absolute atomic E-state index is 3.94. The van der Waals surface area contributed by atoms with Crippen LogP contribution in [0.3, 0.4) is 0 Å². The lowest BCUT2D eigenvalue weighted by Crippen LogP contribution is -2.29. The van der Waals surface area contributed by atoms with Crippen molar-refractivity contribution < 1.29 is 0 Å². The number of nitrogens with one attached hydrogen (secondary N) is 1. The van der Waals surface area contributed by atoms with Gasteiger partial charge in [0.1, 0.15) is 0 Å². The molecule has 0 saturated carbocycles. The highest BCUT2D eigenvalue weighted by Crippen LogP contribution is 2.08. The number of allylic oxidation sites excluding steroid dienone is 1. The fourth-order valence-electron chi connectivity index (χ4n) is 1.10. The normalized spacial score (nSPS) is 10.8. The molecule has 0 radical (unpaired) electrons. The molecular weight excluding hydrogens is 148 g/mol. The molecule has 72 valence electrons. The minimum Gasteiger partial charge on any atom is -0.324 e. The Hall–Kier alpha value is -0.500. The van der Waals surface area contributed by atoms with Gasteiger partial charge < -0.3 is 5.43 Å². The van der Waals surface area contributed by atoms with Crippen molar-refractivity contribution in [1.29, 1.82) is 0 Å². The van der Waals surface area contributed by atoms with Crippen LogP contribution in [0.2, 0.25) is 0 Å². The van der Waals surface area contributed by atoms with E-state index in [4.69, 9.17) is 0 Å². The molecule has 0 atom stereocenters. The molecule has 1 N–H and O–H groups in total. The molecule has 0 fully saturated rings. The van der Waals surface area contributed by atoms with Crippen LogP contribution in [0.25, 0.3) is 0 Å². The average molecular weight is 170 g/mol. The summed E-state index contributed by atoms with van der Waals surface area (Å²) in [6.07, 6.45) is 3.60. The quantitative estimate of drug-likeness (QED) is 0.616. The SMILES string of the molecule is C=C(CCCC(C)C)NN(C)C. The first-order chi connectivity index (χ1) is 5.52. The molecule has 0 amide bonds. The highest BCUT2D eigenvalue weighted by molar-refractivity contribution is 4.88. The molecule has 0 aromatic rings. The molecule has 2 heteroatoms. The van der Waals surface area contributed by atoms with E-state index in [0.29, 0.717) is 0 Å². The third-order valence-electron chi connectivity index (χ3n) is 1.64. The Morgan fingerprint density at radius 3 is 2.42 bits per heavy atom. The lowest BCUT2D eigenvalue weighted by Gasteiger charge is -2.15. The maximum atomic E-state index is 3.94. The van der Waals surface area contributed by atoms with Crippen molar-refractivity contribution in [3.63, 3.8) is 0 Å². The van der Waals surface area contributed by atoms with Crippen molar-refractivity contribution in [3.05, 3.63) is 12.3 Å². The Bertz CT molecular complexity index is 128. The molecule has 0 bridgehead atoms. The average Bonchev–Trinajstić information content (AvgIpc) is 1.84. The van der Waals surface area contributed by atoms with Crippen LogP contribution in [0.1, 0.15) is 33.1 Å². The molecular formula is C10H22N2. The Balaban J connectivity index is 3.32. The second-order valence-corrected chi connectivity index (χ2v) is 3.90. The molecule has 0 aliphatic carbocycles. The molecule has 0 aliphatic rings. The van der Waals surface area contributed by atoms with Gasteiger partial charge in [-0.2, -0.15) is 0 Å². The second kappa shape index (κ2) is 6.06. The molecule has 0 heterocycles. The summed E-state index contributed by atoms with van der Waals surface area (Å²) in [5, 5.41) is 1.93. The number of rotatable bonds is 6. The summed E-state index contributed by atoms with van der Waals surface area (Å²) < 4.78 is 0. The summed E-state index contributed by atoms with van der Waals surface area (Å²) >= 11 is 0. The Morgan fingerprint density at radius 2 is 2.00 bits per heavy atom. The van der Waals surface area contributed by atoms with Gasteiger partial charge in [0.05, 0.1) is 0 Å². The molecule has 0 unspecified atom stereocenters. The van der Waals surface area contributed by atoms with Crippen molar-refractivity contribution in [1.82, 2.24) is 10.4 Å². The summed E-state index contributed by atoms with van der Waals surface area (Å²) in [5.74, 6) is 0.803. The summed E-state index contributed by atoms with van der Waals surface area (Å²) in [5.41, 5.74) is 4.27. The Labute approximate surface area is 76.6 Å². The number of nitrogens with zero attached hydrogens (tertiary/aromatic N) is 1. The first-order valence-electron chi connectivity index (χ1n) is 4.64. The van der Waals surface area contributed by atoms with E-state index >= 15 is 0 Å². The first kappa shape index (κ1) is 11.5. The highest BCUT2D eigenvalue weighted by Gasteiger charge is 1.97. The van der Waals surface area contributed by atoms with Crippen molar-refractivity contribution in [2.24, 2.45) is 5.92 Å². The molecule has 0 spiro atoms. The topological polar surface area (TPSA) is 15.3 Å². The van der Waals surface area contributed by atoms with Crippen LogP contribution >= 0.6 is 0 Å². The van der Waals surface area contributed by atoms with Crippen molar-refractivity contribution in [2.45, 2.75) is 33.1 Å². The third kappa shape index (κ3) is 7.61. The van der Waals surface area contributed by atoms with Crippen LogP contribution in [0, 0.1) is 5.92 Å². The molecule has 0 aromatic heterocycles. The third-order valence-corrected chi connectivity index (χ3v) is 1.64. The predicted octanol–water partition coefficient (Wildman–Crippen LogP) is 2.39. The van der Waals surface area contributed by atoms with Crippen LogP contribution in [0.4, 0.5) is 0 Å². The minimum atomic E-state index is 0.803. The zero-order valence-corrected chi connectivity index (χ0v) is 8.85. The van der Waals surface area contributed by atoms with Gasteiger partial charge in [0.2, 0.25) is 0 Å². The zero-order valence-electron chi connectivity index (χ0n) is 8.85. The van der Waals surface area contributed by atoms with Gasteiger partial charge in [-0.15, -0.1) is 0 Å². The van der Waals surface area contributed by atoms with Gasteiger partial charge in [0, 0.05) is 19.8 Å². The molecule has 0 aromatic carbocycles. The Kier molecular flexibility index (Phi) is 5.81. The van der Waals surface area contributed by atoms with Crippen molar-refractivity contribution >= 4 is 0 Å². The van der Waals surface area contributed by atoms with E-state index in [-0.39, 0.29) is 0 Å². The lowest BCUT2D eigenvalue weighted by atomic mass is 10.1. The lowest BCUT2D eigenvalue weighted by molar-refractivity contribution is 0.320. The van der Waals surface area contributed by atoms with Crippen LogP contribution < -0.4 is 5.43 Å². The molecule has 0 rings (SSSR count). The fraction of sp³-hybridized carbons (Fsp3) is 0.800. The summed E-state index contributed by atoms with van der Waals surface area (Å²) in [6, 6.07) is 0. The van der Waals surface area contributed by atoms with Crippen molar-refractivity contribution in [2.75, 3.05) is 14.1 Å². The molecule has 0 saturated heterocycles. The van der Waals surface area contributed by atoms with Gasteiger partial charge >= 0.3 is 0 Å². The largest absolute Gasteiger partial charge is 0.324 e. The van der Waals surface area contributed by atoms with Gasteiger partial charge in [-0.1, -0.05) is 26.8 Å². The van der Waals surface area contributed by atoms with Gasteiger partial charge in [-0.05, 0) is 18.8 Å². The summed E-state index contributed by atoms with van der Waals surface area (Å²) in [4.78, 5) is 0. The van der Waals surface area contributed by atoms with Gasteiger partial charge in [-0.3, -0.25) is 0 Å². The van der Waals surface area contributed by atoms with E-state index in [2.05, 4.69) is 25.9 Å². The molecule has 2 nitrogen and oxygen atoms in total. The second-order valence-electron chi connectivity index (χ2n) is 3.90. The summed E-state index contributed by atoms with van der Waals surface area (Å²) in [6.45, 7) is 8.44. The molecule has 0 aliphatic heterocycles. The zero-order chi connectivity index (χ0) is 9.56. The number of hydrogen-bond acceptors (Lipinski definition) is 2.